The normalized spacial score (nSPS) is 17.9. The first-order chi connectivity index (χ1) is 30.1. The molecule has 322 valence electrons. The summed E-state index contributed by atoms with van der Waals surface area (Å²) in [7, 11) is 1.82. The second-order valence-electron chi connectivity index (χ2n) is 17.2. The highest BCUT2D eigenvalue weighted by Gasteiger charge is 2.32. The van der Waals surface area contributed by atoms with Gasteiger partial charge in [0.2, 0.25) is 11.8 Å². The molecule has 0 saturated carbocycles. The molecule has 3 amide bonds. The number of rotatable bonds is 12. The molecule has 3 aliphatic rings. The summed E-state index contributed by atoms with van der Waals surface area (Å²) in [5, 5.41) is 29.1. The number of aryl methyl sites for hydroxylation is 2. The van der Waals surface area contributed by atoms with E-state index in [0.717, 1.165) is 83.7 Å². The van der Waals surface area contributed by atoms with E-state index < -0.39 is 5.92 Å². The lowest BCUT2D eigenvalue weighted by molar-refractivity contribution is -0.135. The van der Waals surface area contributed by atoms with Crippen LogP contribution in [0.2, 0.25) is 0 Å². The van der Waals surface area contributed by atoms with Gasteiger partial charge in [0.25, 0.3) is 5.91 Å². The lowest BCUT2D eigenvalue weighted by atomic mass is 9.91. The Morgan fingerprint density at radius 3 is 2.31 bits per heavy atom. The average Bonchev–Trinajstić information content (AvgIpc) is 3.75. The minimum absolute atomic E-state index is 0.0216. The molecule has 1 unspecified atom stereocenters. The number of piperazine rings is 1. The molecule has 62 heavy (non-hydrogen) atoms. The van der Waals surface area contributed by atoms with Crippen LogP contribution in [0.1, 0.15) is 61.3 Å². The molecule has 13 heteroatoms. The maximum atomic E-state index is 13.1. The largest absolute Gasteiger partial charge is 0.508 e. The fourth-order valence-corrected chi connectivity index (χ4v) is 9.77. The molecule has 3 fully saturated rings. The summed E-state index contributed by atoms with van der Waals surface area (Å²) in [5.41, 5.74) is 8.19. The molecule has 0 bridgehead atoms. The number of carbonyl (C=O) groups excluding carboxylic acids is 3. The number of nitrogens with one attached hydrogen (secondary N) is 1. The monoisotopic (exact) mass is 837 g/mol. The van der Waals surface area contributed by atoms with E-state index in [-0.39, 0.29) is 35.8 Å². The van der Waals surface area contributed by atoms with Crippen molar-refractivity contribution in [1.82, 2.24) is 29.5 Å². The van der Waals surface area contributed by atoms with Crippen molar-refractivity contribution in [3.05, 3.63) is 102 Å². The number of benzene rings is 4. The zero-order valence-corrected chi connectivity index (χ0v) is 35.6. The van der Waals surface area contributed by atoms with E-state index in [4.69, 9.17) is 4.74 Å². The third-order valence-corrected chi connectivity index (χ3v) is 13.3. The topological polar surface area (TPSA) is 145 Å². The molecule has 3 aliphatic heterocycles. The number of aromatic nitrogens is 3. The number of imide groups is 1. The van der Waals surface area contributed by atoms with Gasteiger partial charge in [-0.05, 0) is 135 Å². The van der Waals surface area contributed by atoms with Crippen molar-refractivity contribution in [3.8, 4) is 28.5 Å². The van der Waals surface area contributed by atoms with Gasteiger partial charge in [-0.2, -0.15) is 5.10 Å². The molecule has 5 heterocycles. The molecule has 1 atom stereocenters. The summed E-state index contributed by atoms with van der Waals surface area (Å²) in [5.74, 6) is 0.727. The molecule has 4 aromatic carbocycles. The Kier molecular flexibility index (Phi) is 11.6. The Morgan fingerprint density at radius 1 is 0.823 bits per heavy atom. The zero-order chi connectivity index (χ0) is 42.9. The number of amides is 3. The predicted molar refractivity (Wildman–Crippen MR) is 240 cm³/mol. The van der Waals surface area contributed by atoms with Gasteiger partial charge in [0, 0.05) is 87.3 Å². The van der Waals surface area contributed by atoms with E-state index in [1.807, 2.05) is 54.4 Å². The minimum atomic E-state index is -0.472. The minimum Gasteiger partial charge on any atom is -0.508 e. The maximum Gasteiger partial charge on any atom is 0.260 e. The van der Waals surface area contributed by atoms with Crippen molar-refractivity contribution in [2.75, 3.05) is 57.3 Å². The number of carbonyl (C=O) groups is 3. The molecule has 0 aliphatic carbocycles. The number of phenolic OH excluding ortho intramolecular Hbond substituents is 2. The van der Waals surface area contributed by atoms with Crippen LogP contribution >= 0.6 is 0 Å². The Bertz CT molecular complexity index is 2600. The third-order valence-electron chi connectivity index (χ3n) is 13.3. The van der Waals surface area contributed by atoms with E-state index in [0.29, 0.717) is 43.9 Å². The SMILES string of the molecule is Cc1c(-c2ccc(O)cc2)n(Cc2ccc(N3CCC(CCCN4CCN(C(=O)COc5ccc6c(C7CCC(=O)NC7=O)nn(C)c6c5)CC4)CC3)cc2)c2ccc(O)cc12. The van der Waals surface area contributed by atoms with E-state index >= 15 is 0 Å². The summed E-state index contributed by atoms with van der Waals surface area (Å²) in [6.07, 6.45) is 5.50. The van der Waals surface area contributed by atoms with Crippen LogP contribution in [0.4, 0.5) is 5.69 Å². The summed E-state index contributed by atoms with van der Waals surface area (Å²) in [6.45, 7) is 9.04. The standard InChI is InChI=1S/C49H55N7O6/c1-32-42-28-38(58)13-17-43(42)56(48(32)35-7-11-37(57)12-8-35)30-34-5-9-36(10-6-34)54-22-19-33(20-23-54)4-3-21-53-24-26-55(27-25-53)46(60)31-62-39-14-15-40-44(29-39)52(2)51-47(40)41-16-18-45(59)50-49(41)61/h5-15,17,28-29,33,41,57-58H,3-4,16,18-27,30-31H2,1-2H3,(H,50,59,61). The first-order valence-corrected chi connectivity index (χ1v) is 22.0. The number of ether oxygens (including phenoxy) is 1. The van der Waals surface area contributed by atoms with Crippen LogP contribution in [-0.4, -0.2) is 105 Å². The molecular weight excluding hydrogens is 783 g/mol. The number of nitrogens with zero attached hydrogens (tertiary/aromatic N) is 6. The quantitative estimate of drug-likeness (QED) is 0.115. The maximum absolute atomic E-state index is 13.1. The molecule has 9 rings (SSSR count). The highest BCUT2D eigenvalue weighted by Crippen LogP contribution is 2.37. The van der Waals surface area contributed by atoms with Gasteiger partial charge in [0.05, 0.1) is 22.8 Å². The van der Waals surface area contributed by atoms with Gasteiger partial charge < -0.3 is 29.3 Å². The van der Waals surface area contributed by atoms with Crippen molar-refractivity contribution in [2.45, 2.75) is 57.9 Å². The Balaban J connectivity index is 0.704. The van der Waals surface area contributed by atoms with Gasteiger partial charge in [-0.3, -0.25) is 29.3 Å². The van der Waals surface area contributed by atoms with E-state index in [1.165, 1.54) is 30.5 Å². The Labute approximate surface area is 361 Å². The number of phenols is 2. The first kappa shape index (κ1) is 41.0. The van der Waals surface area contributed by atoms with Crippen LogP contribution in [-0.2, 0) is 28.0 Å². The van der Waals surface area contributed by atoms with E-state index in [2.05, 4.69) is 56.0 Å². The predicted octanol–water partition coefficient (Wildman–Crippen LogP) is 6.70. The molecule has 2 aromatic heterocycles. The molecule has 13 nitrogen and oxygen atoms in total. The first-order valence-electron chi connectivity index (χ1n) is 22.0. The van der Waals surface area contributed by atoms with Crippen molar-refractivity contribution >= 4 is 45.2 Å². The van der Waals surface area contributed by atoms with Crippen LogP contribution in [0.15, 0.2) is 84.9 Å². The molecular formula is C49H55N7O6. The molecule has 3 saturated heterocycles. The average molecular weight is 838 g/mol. The highest BCUT2D eigenvalue weighted by atomic mass is 16.5. The number of hydrogen-bond acceptors (Lipinski definition) is 9. The summed E-state index contributed by atoms with van der Waals surface area (Å²) in [6, 6.07) is 27.4. The number of aromatic hydroxyl groups is 2. The van der Waals surface area contributed by atoms with Crippen molar-refractivity contribution < 1.29 is 29.3 Å². The lowest BCUT2D eigenvalue weighted by Crippen LogP contribution is -2.50. The second kappa shape index (κ2) is 17.6. The molecule has 0 radical (unpaired) electrons. The van der Waals surface area contributed by atoms with Crippen LogP contribution in [0.25, 0.3) is 33.1 Å². The van der Waals surface area contributed by atoms with Crippen LogP contribution in [0.5, 0.6) is 17.2 Å². The van der Waals surface area contributed by atoms with Gasteiger partial charge in [-0.1, -0.05) is 12.1 Å². The zero-order valence-electron chi connectivity index (χ0n) is 35.6. The highest BCUT2D eigenvalue weighted by molar-refractivity contribution is 6.02. The van der Waals surface area contributed by atoms with Crippen LogP contribution in [0.3, 0.4) is 0 Å². The van der Waals surface area contributed by atoms with E-state index in [1.54, 1.807) is 22.9 Å². The molecule has 0 spiro atoms. The Hall–Kier alpha value is -6.34. The Morgan fingerprint density at radius 2 is 1.56 bits per heavy atom. The van der Waals surface area contributed by atoms with Crippen molar-refractivity contribution in [2.24, 2.45) is 13.0 Å². The molecule has 3 N–H and O–H groups in total. The fourth-order valence-electron chi connectivity index (χ4n) is 9.77. The van der Waals surface area contributed by atoms with E-state index in [9.17, 15) is 24.6 Å². The van der Waals surface area contributed by atoms with Gasteiger partial charge in [-0.15, -0.1) is 0 Å². The number of anilines is 1. The third kappa shape index (κ3) is 8.58. The summed E-state index contributed by atoms with van der Waals surface area (Å²) >= 11 is 0. The van der Waals surface area contributed by atoms with Gasteiger partial charge >= 0.3 is 0 Å². The second-order valence-corrected chi connectivity index (χ2v) is 17.2. The van der Waals surface area contributed by atoms with Crippen molar-refractivity contribution in [3.63, 3.8) is 0 Å². The van der Waals surface area contributed by atoms with Gasteiger partial charge in [-0.25, -0.2) is 0 Å². The summed E-state index contributed by atoms with van der Waals surface area (Å²) in [4.78, 5) is 44.1. The lowest BCUT2D eigenvalue weighted by Gasteiger charge is -2.36. The van der Waals surface area contributed by atoms with Crippen LogP contribution < -0.4 is 15.0 Å². The van der Waals surface area contributed by atoms with Gasteiger partial charge in [0.15, 0.2) is 6.61 Å². The number of hydrogen-bond donors (Lipinski definition) is 3. The molecule has 6 aromatic rings. The smallest absolute Gasteiger partial charge is 0.260 e. The van der Waals surface area contributed by atoms with Gasteiger partial charge in [0.1, 0.15) is 17.2 Å². The summed E-state index contributed by atoms with van der Waals surface area (Å²) < 4.78 is 9.97. The van der Waals surface area contributed by atoms with Crippen molar-refractivity contribution in [1.29, 1.82) is 0 Å². The fraction of sp³-hybridized carbons (Fsp3) is 0.388. The number of piperidine rings is 2. The number of fused-ring (bicyclic) bond motifs is 2. The van der Waals surface area contributed by atoms with Crippen LogP contribution in [0, 0.1) is 12.8 Å².